The lowest BCUT2D eigenvalue weighted by atomic mass is 9.95. The molecule has 1 atom stereocenters. The van der Waals surface area contributed by atoms with Crippen LogP contribution in [0.1, 0.15) is 38.8 Å². The van der Waals surface area contributed by atoms with Gasteiger partial charge in [0.05, 0.1) is 17.6 Å². The van der Waals surface area contributed by atoms with E-state index in [1.807, 2.05) is 4.90 Å². The van der Waals surface area contributed by atoms with Crippen LogP contribution < -0.4 is 19.8 Å². The van der Waals surface area contributed by atoms with Gasteiger partial charge in [0.1, 0.15) is 58.5 Å². The van der Waals surface area contributed by atoms with Crippen molar-refractivity contribution < 1.29 is 43.2 Å². The van der Waals surface area contributed by atoms with E-state index in [1.165, 1.54) is 59.3 Å². The minimum Gasteiger partial charge on any atom is -0.508 e. The number of hydrogen-bond acceptors (Lipinski definition) is 9. The van der Waals surface area contributed by atoms with Crippen molar-refractivity contribution in [3.8, 4) is 28.7 Å². The zero-order chi connectivity index (χ0) is 35.1. The minimum atomic E-state index is -1.46. The predicted octanol–water partition coefficient (Wildman–Crippen LogP) is 5.29. The van der Waals surface area contributed by atoms with Crippen molar-refractivity contribution in [3.63, 3.8) is 0 Å². The Morgan fingerprint density at radius 2 is 1.64 bits per heavy atom. The second-order valence-electron chi connectivity index (χ2n) is 12.2. The topological polar surface area (TPSA) is 142 Å². The number of carbonyl (C=O) groups excluding carboxylic acids is 1. The number of ketones is 1. The molecular formula is C37H31F2N3O8. The molecule has 5 aromatic rings. The van der Waals surface area contributed by atoms with Crippen LogP contribution in [0.4, 0.5) is 14.5 Å². The molecule has 0 saturated carbocycles. The monoisotopic (exact) mass is 683 g/mol. The number of aromatic carboxylic acids is 1. The summed E-state index contributed by atoms with van der Waals surface area (Å²) < 4.78 is 42.6. The zero-order valence-corrected chi connectivity index (χ0v) is 26.5. The Kier molecular flexibility index (Phi) is 8.58. The SMILES string of the molecule is O=C1C[C@@H](c2ccc(O)cc2)Oc2cc(OCCN3CCN(c4cc5c(cc4F)c(=O)c(C(=O)O)cn5-c4ccc(F)cc4)CC3)cc(O)c21. The van der Waals surface area contributed by atoms with Gasteiger partial charge in [0.15, 0.2) is 5.78 Å². The smallest absolute Gasteiger partial charge is 0.341 e. The number of fused-ring (bicyclic) bond motifs is 2. The number of carboxylic acids is 1. The Hall–Kier alpha value is -5.95. The van der Waals surface area contributed by atoms with E-state index in [0.29, 0.717) is 49.7 Å². The van der Waals surface area contributed by atoms with Gasteiger partial charge in [-0.1, -0.05) is 12.1 Å². The van der Waals surface area contributed by atoms with E-state index in [2.05, 4.69) is 4.90 Å². The standard InChI is InChI=1S/C37H31F2N3O8/c38-22-3-5-23(6-4-22)42-20-27(37(47)48)36(46)26-17-28(39)30(18-29(26)42)41-11-9-40(10-12-41)13-14-49-25-15-31(44)35-32(45)19-33(50-34(35)16-25)21-1-7-24(43)8-2-21/h1-8,15-18,20,33,43-44H,9-14,19H2,(H,47,48)/t33-/m0/s1. The minimum absolute atomic E-state index is 0.0419. The molecule has 0 spiro atoms. The van der Waals surface area contributed by atoms with E-state index in [1.54, 1.807) is 18.2 Å². The summed E-state index contributed by atoms with van der Waals surface area (Å²) in [5.74, 6) is -2.47. The number of phenols is 2. The van der Waals surface area contributed by atoms with Crippen LogP contribution in [0.3, 0.4) is 0 Å². The van der Waals surface area contributed by atoms with Gasteiger partial charge in [-0.3, -0.25) is 14.5 Å². The van der Waals surface area contributed by atoms with Crippen molar-refractivity contribution in [1.29, 1.82) is 0 Å². The number of rotatable bonds is 8. The maximum absolute atomic E-state index is 15.5. The Bertz CT molecular complexity index is 2180. The molecule has 50 heavy (non-hydrogen) atoms. The number of Topliss-reactive ketones (excluding diaryl/α,β-unsaturated/α-hetero) is 1. The van der Waals surface area contributed by atoms with Crippen LogP contribution in [-0.4, -0.2) is 75.9 Å². The molecule has 256 valence electrons. The molecule has 4 aromatic carbocycles. The Morgan fingerprint density at radius 1 is 0.920 bits per heavy atom. The van der Waals surface area contributed by atoms with E-state index in [9.17, 15) is 34.1 Å². The van der Waals surface area contributed by atoms with Crippen LogP contribution >= 0.6 is 0 Å². The summed E-state index contributed by atoms with van der Waals surface area (Å²) >= 11 is 0. The highest BCUT2D eigenvalue weighted by atomic mass is 19.1. The van der Waals surface area contributed by atoms with E-state index < -0.39 is 34.7 Å². The highest BCUT2D eigenvalue weighted by Crippen LogP contribution is 2.42. The van der Waals surface area contributed by atoms with Crippen LogP contribution in [0.25, 0.3) is 16.6 Å². The van der Waals surface area contributed by atoms with Gasteiger partial charge in [0.2, 0.25) is 5.43 Å². The molecule has 11 nitrogen and oxygen atoms in total. The first-order valence-electron chi connectivity index (χ1n) is 15.9. The van der Waals surface area contributed by atoms with Crippen molar-refractivity contribution >= 4 is 28.3 Å². The highest BCUT2D eigenvalue weighted by Gasteiger charge is 2.31. The molecule has 2 aliphatic rings. The molecule has 3 heterocycles. The number of piperazine rings is 1. The molecule has 0 unspecified atom stereocenters. The van der Waals surface area contributed by atoms with Gasteiger partial charge in [-0.2, -0.15) is 0 Å². The van der Waals surface area contributed by atoms with Crippen LogP contribution in [-0.2, 0) is 0 Å². The summed E-state index contributed by atoms with van der Waals surface area (Å²) in [7, 11) is 0. The quantitative estimate of drug-likeness (QED) is 0.198. The molecule has 0 aliphatic carbocycles. The van der Waals surface area contributed by atoms with Crippen molar-refractivity contribution in [2.45, 2.75) is 12.5 Å². The van der Waals surface area contributed by atoms with E-state index in [-0.39, 0.29) is 58.2 Å². The summed E-state index contributed by atoms with van der Waals surface area (Å²) in [6, 6.07) is 17.2. The summed E-state index contributed by atoms with van der Waals surface area (Å²) in [4.78, 5) is 41.6. The van der Waals surface area contributed by atoms with E-state index in [0.717, 1.165) is 6.07 Å². The van der Waals surface area contributed by atoms with Crippen molar-refractivity contribution in [2.75, 3.05) is 44.2 Å². The fourth-order valence-corrected chi connectivity index (χ4v) is 6.42. The number of pyridine rings is 1. The Morgan fingerprint density at radius 3 is 2.34 bits per heavy atom. The first-order chi connectivity index (χ1) is 24.0. The summed E-state index contributed by atoms with van der Waals surface area (Å²) in [5.41, 5.74) is 0.400. The lowest BCUT2D eigenvalue weighted by Crippen LogP contribution is -2.47. The fraction of sp³-hybridized carbons (Fsp3) is 0.216. The average Bonchev–Trinajstić information content (AvgIpc) is 3.09. The predicted molar refractivity (Wildman–Crippen MR) is 179 cm³/mol. The molecule has 1 fully saturated rings. The van der Waals surface area contributed by atoms with Gasteiger partial charge in [-0.15, -0.1) is 0 Å². The van der Waals surface area contributed by atoms with Gasteiger partial charge >= 0.3 is 5.97 Å². The van der Waals surface area contributed by atoms with Gasteiger partial charge in [0.25, 0.3) is 0 Å². The van der Waals surface area contributed by atoms with Gasteiger partial charge in [0, 0.05) is 62.1 Å². The third-order valence-electron chi connectivity index (χ3n) is 9.04. The van der Waals surface area contributed by atoms with Crippen molar-refractivity contribution in [2.24, 2.45) is 0 Å². The summed E-state index contributed by atoms with van der Waals surface area (Å²) in [6.45, 7) is 2.79. The first-order valence-corrected chi connectivity index (χ1v) is 15.9. The molecule has 7 rings (SSSR count). The normalized spacial score (nSPS) is 16.2. The molecule has 13 heteroatoms. The second kappa shape index (κ2) is 13.2. The van der Waals surface area contributed by atoms with Crippen LogP contribution in [0.5, 0.6) is 23.0 Å². The number of phenolic OH excluding ortho intramolecular Hbond substituents is 2. The van der Waals surface area contributed by atoms with Crippen molar-refractivity contribution in [1.82, 2.24) is 9.47 Å². The summed E-state index contributed by atoms with van der Waals surface area (Å²) in [6.07, 6.45) is 0.632. The van der Waals surface area contributed by atoms with Gasteiger partial charge in [-0.25, -0.2) is 13.6 Å². The number of nitrogens with zero attached hydrogens (tertiary/aromatic N) is 3. The fourth-order valence-electron chi connectivity index (χ4n) is 6.42. The average molecular weight is 684 g/mol. The number of aromatic nitrogens is 1. The molecule has 1 saturated heterocycles. The molecule has 0 radical (unpaired) electrons. The second-order valence-corrected chi connectivity index (χ2v) is 12.2. The molecule has 0 amide bonds. The lowest BCUT2D eigenvalue weighted by Gasteiger charge is -2.36. The summed E-state index contributed by atoms with van der Waals surface area (Å²) in [5, 5.41) is 29.7. The largest absolute Gasteiger partial charge is 0.508 e. The van der Waals surface area contributed by atoms with Crippen LogP contribution in [0.15, 0.2) is 83.8 Å². The third kappa shape index (κ3) is 6.30. The highest BCUT2D eigenvalue weighted by molar-refractivity contribution is 6.02. The van der Waals surface area contributed by atoms with Crippen LogP contribution in [0.2, 0.25) is 0 Å². The van der Waals surface area contributed by atoms with Crippen molar-refractivity contribution in [3.05, 3.63) is 118 Å². The number of carboxylic acid groups (broad SMARTS) is 1. The third-order valence-corrected chi connectivity index (χ3v) is 9.04. The molecule has 3 N–H and O–H groups in total. The zero-order valence-electron chi connectivity index (χ0n) is 26.5. The molecular weight excluding hydrogens is 652 g/mol. The number of halogens is 2. The first kappa shape index (κ1) is 32.6. The molecule has 1 aromatic heterocycles. The van der Waals surface area contributed by atoms with E-state index >= 15 is 4.39 Å². The number of benzene rings is 4. The number of ether oxygens (including phenoxy) is 2. The lowest BCUT2D eigenvalue weighted by molar-refractivity contribution is 0.0694. The number of aromatic hydroxyl groups is 2. The maximum Gasteiger partial charge on any atom is 0.341 e. The van der Waals surface area contributed by atoms with Gasteiger partial charge < -0.3 is 34.3 Å². The van der Waals surface area contributed by atoms with Crippen LogP contribution in [0, 0.1) is 11.6 Å². The Labute approximate surface area is 283 Å². The number of carbonyl (C=O) groups is 2. The number of anilines is 1. The molecule has 0 bridgehead atoms. The Balaban J connectivity index is 1.03. The van der Waals surface area contributed by atoms with Gasteiger partial charge in [-0.05, 0) is 54.1 Å². The molecule has 2 aliphatic heterocycles. The number of hydrogen-bond donors (Lipinski definition) is 3. The van der Waals surface area contributed by atoms with E-state index in [4.69, 9.17) is 9.47 Å². The maximum atomic E-state index is 15.5.